The third-order valence-electron chi connectivity index (χ3n) is 8.31. The maximum atomic E-state index is 12.4. The van der Waals surface area contributed by atoms with Crippen LogP contribution in [0, 0.1) is 0 Å². The van der Waals surface area contributed by atoms with Crippen LogP contribution in [-0.2, 0) is 32.9 Å². The predicted molar refractivity (Wildman–Crippen MR) is 215 cm³/mol. The second kappa shape index (κ2) is 33.7. The monoisotopic (exact) mass is 760 g/mol. The molecule has 1 aliphatic rings. The molecule has 0 saturated carbocycles. The molecule has 0 spiro atoms. The fourth-order valence-electron chi connectivity index (χ4n) is 5.21. The molecule has 0 bridgehead atoms. The summed E-state index contributed by atoms with van der Waals surface area (Å²) in [6.07, 6.45) is 47.7. The minimum absolute atomic E-state index is 0.117. The molecule has 2 unspecified atom stereocenters. The number of phosphoric acid groups is 1. The summed E-state index contributed by atoms with van der Waals surface area (Å²) in [6.45, 7) is 3.51. The molecule has 1 fully saturated rings. The lowest BCUT2D eigenvalue weighted by Gasteiger charge is -2.18. The van der Waals surface area contributed by atoms with E-state index in [1.165, 1.54) is 44.9 Å². The standard InChI is InChI=1S/C43H69O9P/c1-3-5-7-8-9-10-11-12-13-14-15-16-17-22-25-28-32-36-43(45)51-39(38-50-53(46,47)48)37-49-42(44)35-31-27-24-21-19-18-20-23-26-30-34-41-40(52-41)33-29-6-4-2/h9-10,12-13,15-16,18,20-22,24-26,30,39-41H,3-8,11,14,17,19,23,27-29,31-38H2,1-2H3,(H2,46,47,48)/b10-9-,13-12-,16-15-,20-18-,24-21-,25-22-,30-26-/t39-,40?,41?/m1/s1. The van der Waals surface area contributed by atoms with Crippen molar-refractivity contribution in [3.8, 4) is 0 Å². The van der Waals surface area contributed by atoms with Crippen LogP contribution in [0.3, 0.4) is 0 Å². The van der Waals surface area contributed by atoms with Crippen molar-refractivity contribution in [1.29, 1.82) is 0 Å². The Labute approximate surface area is 320 Å². The number of phosphoric ester groups is 1. The third kappa shape index (κ3) is 33.5. The maximum Gasteiger partial charge on any atom is 0.469 e. The van der Waals surface area contributed by atoms with Gasteiger partial charge in [-0.15, -0.1) is 0 Å². The van der Waals surface area contributed by atoms with Crippen LogP contribution in [0.2, 0.25) is 0 Å². The molecule has 0 aromatic carbocycles. The molecular formula is C43H69O9P. The van der Waals surface area contributed by atoms with Crippen LogP contribution in [0.15, 0.2) is 85.1 Å². The van der Waals surface area contributed by atoms with Gasteiger partial charge in [-0.05, 0) is 83.5 Å². The van der Waals surface area contributed by atoms with E-state index in [1.54, 1.807) is 0 Å². The number of carbonyl (C=O) groups excluding carboxylic acids is 2. The number of carbonyl (C=O) groups is 2. The lowest BCUT2D eigenvalue weighted by Crippen LogP contribution is -2.29. The van der Waals surface area contributed by atoms with Crippen LogP contribution in [0.1, 0.15) is 142 Å². The van der Waals surface area contributed by atoms with Gasteiger partial charge in [-0.25, -0.2) is 4.57 Å². The molecule has 1 heterocycles. The van der Waals surface area contributed by atoms with Crippen molar-refractivity contribution in [2.75, 3.05) is 13.2 Å². The Bertz CT molecular complexity index is 1190. The molecule has 3 atom stereocenters. The average molecular weight is 761 g/mol. The highest BCUT2D eigenvalue weighted by Gasteiger charge is 2.36. The van der Waals surface area contributed by atoms with E-state index >= 15 is 0 Å². The second-order valence-electron chi connectivity index (χ2n) is 13.3. The zero-order valence-corrected chi connectivity index (χ0v) is 33.5. The molecule has 0 aliphatic carbocycles. The van der Waals surface area contributed by atoms with Crippen LogP contribution >= 0.6 is 7.82 Å². The first-order chi connectivity index (χ1) is 25.7. The van der Waals surface area contributed by atoms with Crippen LogP contribution in [-0.4, -0.2) is 53.3 Å². The van der Waals surface area contributed by atoms with Crippen molar-refractivity contribution in [2.24, 2.45) is 0 Å². The van der Waals surface area contributed by atoms with Crippen LogP contribution in [0.4, 0.5) is 0 Å². The highest BCUT2D eigenvalue weighted by atomic mass is 31.2. The zero-order chi connectivity index (χ0) is 38.7. The molecule has 0 aromatic heterocycles. The number of epoxide rings is 1. The van der Waals surface area contributed by atoms with E-state index < -0.39 is 32.5 Å². The van der Waals surface area contributed by atoms with Gasteiger partial charge >= 0.3 is 19.8 Å². The summed E-state index contributed by atoms with van der Waals surface area (Å²) < 4.78 is 32.0. The molecule has 300 valence electrons. The quantitative estimate of drug-likeness (QED) is 0.0216. The third-order valence-corrected chi connectivity index (χ3v) is 8.80. The minimum Gasteiger partial charge on any atom is -0.462 e. The Hall–Kier alpha value is -2.81. The van der Waals surface area contributed by atoms with Crippen molar-refractivity contribution in [3.05, 3.63) is 85.1 Å². The number of unbranched alkanes of at least 4 members (excludes halogenated alkanes) is 7. The van der Waals surface area contributed by atoms with Gasteiger partial charge in [-0.1, -0.05) is 131 Å². The Morgan fingerprint density at radius 2 is 1.08 bits per heavy atom. The van der Waals surface area contributed by atoms with Gasteiger partial charge in [0.1, 0.15) is 6.61 Å². The molecule has 9 nitrogen and oxygen atoms in total. The van der Waals surface area contributed by atoms with Crippen molar-refractivity contribution in [2.45, 2.75) is 161 Å². The molecule has 53 heavy (non-hydrogen) atoms. The van der Waals surface area contributed by atoms with Gasteiger partial charge in [-0.3, -0.25) is 14.1 Å². The summed E-state index contributed by atoms with van der Waals surface area (Å²) in [6, 6.07) is 0. The summed E-state index contributed by atoms with van der Waals surface area (Å²) in [5.74, 6) is -1.03. The van der Waals surface area contributed by atoms with E-state index in [0.717, 1.165) is 44.9 Å². The Balaban J connectivity index is 2.17. The minimum atomic E-state index is -4.79. The molecule has 0 aromatic rings. The van der Waals surface area contributed by atoms with E-state index in [-0.39, 0.29) is 19.4 Å². The second-order valence-corrected chi connectivity index (χ2v) is 14.5. The largest absolute Gasteiger partial charge is 0.469 e. The first-order valence-electron chi connectivity index (χ1n) is 20.0. The molecule has 1 rings (SSSR count). The normalized spacial score (nSPS) is 17.2. The topological polar surface area (TPSA) is 132 Å². The lowest BCUT2D eigenvalue weighted by molar-refractivity contribution is -0.161. The molecule has 10 heteroatoms. The van der Waals surface area contributed by atoms with Gasteiger partial charge in [0, 0.05) is 12.8 Å². The van der Waals surface area contributed by atoms with Gasteiger partial charge in [0.05, 0.1) is 18.8 Å². The summed E-state index contributed by atoms with van der Waals surface area (Å²) >= 11 is 0. The maximum absolute atomic E-state index is 12.4. The fourth-order valence-corrected chi connectivity index (χ4v) is 5.58. The molecule has 2 N–H and O–H groups in total. The zero-order valence-electron chi connectivity index (χ0n) is 32.6. The van der Waals surface area contributed by atoms with Crippen molar-refractivity contribution >= 4 is 19.8 Å². The van der Waals surface area contributed by atoms with Gasteiger partial charge in [0.2, 0.25) is 0 Å². The number of hydrogen-bond donors (Lipinski definition) is 2. The first kappa shape index (κ1) is 48.2. The number of hydrogen-bond acceptors (Lipinski definition) is 7. The molecule has 1 saturated heterocycles. The molecule has 1 aliphatic heterocycles. The number of allylic oxidation sites excluding steroid dienone is 13. The van der Waals surface area contributed by atoms with E-state index in [0.29, 0.717) is 37.9 Å². The van der Waals surface area contributed by atoms with Crippen molar-refractivity contribution < 1.29 is 42.7 Å². The molecule has 0 amide bonds. The summed E-state index contributed by atoms with van der Waals surface area (Å²) in [5.41, 5.74) is 0. The van der Waals surface area contributed by atoms with Gasteiger partial charge in [-0.2, -0.15) is 0 Å². The van der Waals surface area contributed by atoms with E-state index in [1.807, 2.05) is 18.2 Å². The molecule has 0 radical (unpaired) electrons. The SMILES string of the molecule is CCCCC/C=C\C/C=C\C/C=C\C/C=C\CCCC(=O)O[C@H](COC(=O)CCC/C=C\C/C=C\C/C=C\CC1OC1CCCCC)COP(=O)(O)O. The summed E-state index contributed by atoms with van der Waals surface area (Å²) in [7, 11) is -4.79. The van der Waals surface area contributed by atoms with E-state index in [9.17, 15) is 14.2 Å². The smallest absolute Gasteiger partial charge is 0.462 e. The predicted octanol–water partition coefficient (Wildman–Crippen LogP) is 11.1. The highest BCUT2D eigenvalue weighted by Crippen LogP contribution is 2.36. The van der Waals surface area contributed by atoms with Crippen LogP contribution in [0.25, 0.3) is 0 Å². The van der Waals surface area contributed by atoms with E-state index in [2.05, 4.69) is 85.2 Å². The summed E-state index contributed by atoms with van der Waals surface area (Å²) in [5, 5.41) is 0. The first-order valence-corrected chi connectivity index (χ1v) is 21.5. The van der Waals surface area contributed by atoms with Gasteiger partial charge in [0.25, 0.3) is 0 Å². The number of ether oxygens (including phenoxy) is 3. The Morgan fingerprint density at radius 3 is 1.60 bits per heavy atom. The van der Waals surface area contributed by atoms with Crippen molar-refractivity contribution in [1.82, 2.24) is 0 Å². The van der Waals surface area contributed by atoms with E-state index in [4.69, 9.17) is 24.0 Å². The average Bonchev–Trinajstić information content (AvgIpc) is 3.88. The number of esters is 2. The molecular weight excluding hydrogens is 691 g/mol. The van der Waals surface area contributed by atoms with Crippen LogP contribution < -0.4 is 0 Å². The highest BCUT2D eigenvalue weighted by molar-refractivity contribution is 7.46. The summed E-state index contributed by atoms with van der Waals surface area (Å²) in [4.78, 5) is 42.8. The Morgan fingerprint density at radius 1 is 0.604 bits per heavy atom. The van der Waals surface area contributed by atoms with Crippen molar-refractivity contribution in [3.63, 3.8) is 0 Å². The van der Waals surface area contributed by atoms with Crippen LogP contribution in [0.5, 0.6) is 0 Å². The van der Waals surface area contributed by atoms with Gasteiger partial charge < -0.3 is 24.0 Å². The van der Waals surface area contributed by atoms with Gasteiger partial charge in [0.15, 0.2) is 6.10 Å². The number of rotatable bonds is 34. The Kier molecular flexibility index (Phi) is 30.7. The fraction of sp³-hybridized carbons (Fsp3) is 0.628. The lowest BCUT2D eigenvalue weighted by atomic mass is 10.1.